The van der Waals surface area contributed by atoms with Crippen LogP contribution in [0.1, 0.15) is 56.6 Å². The van der Waals surface area contributed by atoms with Crippen LogP contribution in [-0.2, 0) is 16.1 Å². The monoisotopic (exact) mass is 437 g/mol. The first-order chi connectivity index (χ1) is 15.7. The normalized spacial score (nSPS) is 14.7. The van der Waals surface area contributed by atoms with Crippen molar-refractivity contribution < 1.29 is 14.6 Å². The number of ether oxygens (including phenoxy) is 1. The quantitative estimate of drug-likeness (QED) is 0.494. The number of phenols is 1. The highest BCUT2D eigenvalue weighted by molar-refractivity contribution is 5.77. The molecule has 1 aromatic carbocycles. The minimum absolute atomic E-state index is 0.0995. The van der Waals surface area contributed by atoms with Crippen molar-refractivity contribution in [3.05, 3.63) is 36.3 Å². The topological polar surface area (TPSA) is 102 Å². The summed E-state index contributed by atoms with van der Waals surface area (Å²) < 4.78 is 7.65. The van der Waals surface area contributed by atoms with Gasteiger partial charge < -0.3 is 19.7 Å². The lowest BCUT2D eigenvalue weighted by molar-refractivity contribution is -0.120. The third kappa shape index (κ3) is 5.24. The van der Waals surface area contributed by atoms with Crippen molar-refractivity contribution in [3.8, 4) is 17.1 Å². The number of unbranched alkanes of at least 4 members (excludes halogenated alkanes) is 3. The molecule has 32 heavy (non-hydrogen) atoms. The van der Waals surface area contributed by atoms with Crippen molar-refractivity contribution in [2.24, 2.45) is 0 Å². The number of nitrogens with zero attached hydrogens (tertiary/aromatic N) is 4. The molecule has 1 amide bonds. The lowest BCUT2D eigenvalue weighted by atomic mass is 9.95. The number of aryl methyl sites for hydroxylation is 1. The highest BCUT2D eigenvalue weighted by atomic mass is 16.5. The number of amides is 1. The van der Waals surface area contributed by atoms with Gasteiger partial charge in [-0.15, -0.1) is 0 Å². The van der Waals surface area contributed by atoms with E-state index in [4.69, 9.17) is 19.7 Å². The second kappa shape index (κ2) is 10.5. The highest BCUT2D eigenvalue weighted by Crippen LogP contribution is 2.32. The highest BCUT2D eigenvalue weighted by Gasteiger charge is 2.24. The molecule has 0 bridgehead atoms. The molecule has 4 rings (SSSR count). The molecule has 0 aliphatic carbocycles. The summed E-state index contributed by atoms with van der Waals surface area (Å²) in [6, 6.07) is 7.07. The first kappa shape index (κ1) is 22.2. The minimum Gasteiger partial charge on any atom is -0.508 e. The molecule has 0 spiro atoms. The molecule has 1 fully saturated rings. The van der Waals surface area contributed by atoms with E-state index >= 15 is 0 Å². The molecule has 1 saturated heterocycles. The summed E-state index contributed by atoms with van der Waals surface area (Å²) in [6.45, 7) is 2.28. The smallest absolute Gasteiger partial charge is 0.219 e. The summed E-state index contributed by atoms with van der Waals surface area (Å²) in [5.41, 5.74) is 3.47. The predicted molar refractivity (Wildman–Crippen MR) is 122 cm³/mol. The molecule has 0 radical (unpaired) electrons. The van der Waals surface area contributed by atoms with Gasteiger partial charge >= 0.3 is 0 Å². The zero-order valence-electron chi connectivity index (χ0n) is 18.6. The number of nitrogens with one attached hydrogen (secondary N) is 1. The molecule has 2 aromatic heterocycles. The van der Waals surface area contributed by atoms with Gasteiger partial charge in [-0.1, -0.05) is 25.0 Å². The van der Waals surface area contributed by atoms with Crippen LogP contribution in [0.15, 0.2) is 30.6 Å². The maximum atomic E-state index is 11.3. The number of rotatable bonds is 9. The van der Waals surface area contributed by atoms with Crippen LogP contribution in [0.25, 0.3) is 22.6 Å². The second-order valence-electron chi connectivity index (χ2n) is 8.32. The summed E-state index contributed by atoms with van der Waals surface area (Å²) in [5.74, 6) is 1.20. The van der Waals surface area contributed by atoms with Gasteiger partial charge in [-0.25, -0.2) is 15.0 Å². The van der Waals surface area contributed by atoms with Crippen molar-refractivity contribution in [2.75, 3.05) is 20.3 Å². The lowest BCUT2D eigenvalue weighted by Gasteiger charge is -2.22. The fraction of sp³-hybridized carbons (Fsp3) is 0.500. The van der Waals surface area contributed by atoms with Crippen LogP contribution < -0.4 is 5.32 Å². The van der Waals surface area contributed by atoms with Gasteiger partial charge in [-0.3, -0.25) is 4.79 Å². The van der Waals surface area contributed by atoms with Gasteiger partial charge in [0.15, 0.2) is 11.5 Å². The number of aromatic hydroxyl groups is 1. The van der Waals surface area contributed by atoms with Crippen molar-refractivity contribution in [2.45, 2.75) is 57.4 Å². The molecular formula is C24H31N5O3. The van der Waals surface area contributed by atoms with Gasteiger partial charge in [0, 0.05) is 44.7 Å². The van der Waals surface area contributed by atoms with E-state index in [1.165, 1.54) is 0 Å². The number of hydrogen-bond acceptors (Lipinski definition) is 6. The SMILES string of the molecule is CNC(=O)CCCCCCn1cnc2c(C3CCOCC3)nc(-c3cccc(O)c3)nc21. The van der Waals surface area contributed by atoms with Crippen LogP contribution in [0.2, 0.25) is 0 Å². The summed E-state index contributed by atoms with van der Waals surface area (Å²) in [5, 5.41) is 12.6. The van der Waals surface area contributed by atoms with Crippen LogP contribution in [0.3, 0.4) is 0 Å². The Labute approximate surface area is 188 Å². The van der Waals surface area contributed by atoms with Crippen molar-refractivity contribution in [1.82, 2.24) is 24.8 Å². The molecule has 8 nitrogen and oxygen atoms in total. The van der Waals surface area contributed by atoms with E-state index in [9.17, 15) is 9.90 Å². The Balaban J connectivity index is 1.56. The number of carbonyl (C=O) groups is 1. The van der Waals surface area contributed by atoms with Crippen molar-refractivity contribution >= 4 is 17.1 Å². The maximum absolute atomic E-state index is 11.3. The molecule has 0 atom stereocenters. The summed E-state index contributed by atoms with van der Waals surface area (Å²) in [7, 11) is 1.67. The van der Waals surface area contributed by atoms with E-state index in [0.29, 0.717) is 18.2 Å². The van der Waals surface area contributed by atoms with Crippen LogP contribution in [0, 0.1) is 0 Å². The fourth-order valence-corrected chi connectivity index (χ4v) is 4.21. The second-order valence-corrected chi connectivity index (χ2v) is 8.32. The lowest BCUT2D eigenvalue weighted by Crippen LogP contribution is -2.16. The van der Waals surface area contributed by atoms with Gasteiger partial charge in [0.1, 0.15) is 11.3 Å². The van der Waals surface area contributed by atoms with Gasteiger partial charge in [-0.05, 0) is 37.8 Å². The summed E-state index contributed by atoms with van der Waals surface area (Å²) in [4.78, 5) is 25.8. The zero-order valence-corrected chi connectivity index (χ0v) is 18.6. The molecule has 0 saturated carbocycles. The van der Waals surface area contributed by atoms with Crippen LogP contribution in [-0.4, -0.2) is 50.8 Å². The van der Waals surface area contributed by atoms with Gasteiger partial charge in [0.2, 0.25) is 5.91 Å². The first-order valence-electron chi connectivity index (χ1n) is 11.5. The van der Waals surface area contributed by atoms with E-state index in [2.05, 4.69) is 9.88 Å². The van der Waals surface area contributed by atoms with Gasteiger partial charge in [-0.2, -0.15) is 0 Å². The molecule has 170 valence electrons. The average molecular weight is 438 g/mol. The largest absolute Gasteiger partial charge is 0.508 e. The number of imidazole rings is 1. The fourth-order valence-electron chi connectivity index (χ4n) is 4.21. The van der Waals surface area contributed by atoms with E-state index in [0.717, 1.165) is 80.7 Å². The molecule has 3 heterocycles. The molecule has 1 aliphatic heterocycles. The zero-order chi connectivity index (χ0) is 22.3. The minimum atomic E-state index is 0.0995. The molecule has 3 aromatic rings. The Bertz CT molecular complexity index is 1060. The molecule has 1 aliphatic rings. The molecular weight excluding hydrogens is 406 g/mol. The number of hydrogen-bond donors (Lipinski definition) is 2. The number of benzene rings is 1. The third-order valence-electron chi connectivity index (χ3n) is 6.03. The Kier molecular flexibility index (Phi) is 7.32. The molecule has 2 N–H and O–H groups in total. The van der Waals surface area contributed by atoms with Crippen LogP contribution in [0.4, 0.5) is 0 Å². The Morgan fingerprint density at radius 3 is 2.78 bits per heavy atom. The van der Waals surface area contributed by atoms with E-state index < -0.39 is 0 Å². The maximum Gasteiger partial charge on any atom is 0.219 e. The Morgan fingerprint density at radius 1 is 1.19 bits per heavy atom. The standard InChI is InChI=1S/C24H31N5O3/c1-25-20(31)9-4-2-3-5-12-29-16-26-22-21(17-10-13-32-14-11-17)27-23(28-24(22)29)18-7-6-8-19(30)15-18/h6-8,15-17,30H,2-5,9-14H2,1H3,(H,25,31). The Hall–Kier alpha value is -3.00. The number of fused-ring (bicyclic) bond motifs is 1. The average Bonchev–Trinajstić information content (AvgIpc) is 3.24. The third-order valence-corrected chi connectivity index (χ3v) is 6.03. The molecule has 0 unspecified atom stereocenters. The van der Waals surface area contributed by atoms with Gasteiger partial charge in [0.25, 0.3) is 0 Å². The number of phenolic OH excluding ortho intramolecular Hbond substituents is 1. The van der Waals surface area contributed by atoms with Crippen molar-refractivity contribution in [3.63, 3.8) is 0 Å². The predicted octanol–water partition coefficient (Wildman–Crippen LogP) is 3.79. The molecule has 8 heteroatoms. The van der Waals surface area contributed by atoms with E-state index in [1.54, 1.807) is 19.2 Å². The van der Waals surface area contributed by atoms with Crippen LogP contribution in [0.5, 0.6) is 5.75 Å². The first-order valence-corrected chi connectivity index (χ1v) is 11.5. The van der Waals surface area contributed by atoms with Crippen LogP contribution >= 0.6 is 0 Å². The number of aromatic nitrogens is 4. The van der Waals surface area contributed by atoms with Gasteiger partial charge in [0.05, 0.1) is 12.0 Å². The van der Waals surface area contributed by atoms with Crippen molar-refractivity contribution in [1.29, 1.82) is 0 Å². The van der Waals surface area contributed by atoms with E-state index in [-0.39, 0.29) is 11.7 Å². The summed E-state index contributed by atoms with van der Waals surface area (Å²) in [6.07, 6.45) is 8.26. The Morgan fingerprint density at radius 2 is 2.00 bits per heavy atom. The van der Waals surface area contributed by atoms with E-state index in [1.807, 2.05) is 18.5 Å². The number of carbonyl (C=O) groups excluding carboxylic acids is 1. The summed E-state index contributed by atoms with van der Waals surface area (Å²) >= 11 is 0.